The Hall–Kier alpha value is -3.54. The fourth-order valence-electron chi connectivity index (χ4n) is 4.64. The van der Waals surface area contributed by atoms with Gasteiger partial charge in [0.05, 0.1) is 18.8 Å². The summed E-state index contributed by atoms with van der Waals surface area (Å²) in [6.07, 6.45) is -10.2. The molecule has 2 aliphatic rings. The molecule has 0 aromatic heterocycles. The molecule has 2 fully saturated rings. The number of carbonyl (C=O) groups is 4. The van der Waals surface area contributed by atoms with Crippen LogP contribution < -0.4 is 0 Å². The van der Waals surface area contributed by atoms with Gasteiger partial charge >= 0.3 is 23.9 Å². The van der Waals surface area contributed by atoms with Crippen molar-refractivity contribution in [1.82, 2.24) is 0 Å². The van der Waals surface area contributed by atoms with Gasteiger partial charge in [-0.1, -0.05) is 24.0 Å². The van der Waals surface area contributed by atoms with E-state index in [9.17, 15) is 34.5 Å². The highest BCUT2D eigenvalue weighted by atomic mass is 16.7. The maximum absolute atomic E-state index is 12.1. The minimum atomic E-state index is -1.32. The van der Waals surface area contributed by atoms with E-state index in [1.807, 2.05) is 0 Å². The number of ether oxygens (including phenoxy) is 6. The van der Waals surface area contributed by atoms with Crippen LogP contribution in [0.5, 0.6) is 0 Å². The molecule has 1 aromatic carbocycles. The topological polar surface area (TPSA) is 184 Å². The second-order valence-corrected chi connectivity index (χ2v) is 9.67. The summed E-state index contributed by atoms with van der Waals surface area (Å²) in [7, 11) is 0. The molecule has 0 saturated carbocycles. The summed E-state index contributed by atoms with van der Waals surface area (Å²) in [5.74, 6) is 2.78. The van der Waals surface area contributed by atoms with Crippen molar-refractivity contribution in [3.8, 4) is 11.8 Å². The van der Waals surface area contributed by atoms with Crippen molar-refractivity contribution in [2.45, 2.75) is 89.1 Å². The van der Waals surface area contributed by atoms with E-state index in [0.29, 0.717) is 11.1 Å². The van der Waals surface area contributed by atoms with Gasteiger partial charge in [0, 0.05) is 39.7 Å². The fraction of sp³-hybridized carbons (Fsp3) is 0.571. The lowest BCUT2D eigenvalue weighted by molar-refractivity contribution is -0.254. The summed E-state index contributed by atoms with van der Waals surface area (Å²) in [4.78, 5) is 47.7. The van der Waals surface area contributed by atoms with Crippen LogP contribution in [-0.2, 0) is 47.6 Å². The number of rotatable bonds is 7. The SMILES string of the molecule is CC(=O)OCC1OC(c2cccc(C#CC3OC(CO)CC(O)C3O)c2)C(OC(C)=O)C(OC(C)=O)C1OC(C)=O. The fourth-order valence-corrected chi connectivity index (χ4v) is 4.64. The van der Waals surface area contributed by atoms with Gasteiger partial charge in [-0.05, 0) is 17.7 Å². The van der Waals surface area contributed by atoms with Crippen molar-refractivity contribution >= 4 is 23.9 Å². The summed E-state index contributed by atoms with van der Waals surface area (Å²) in [6.45, 7) is 3.90. The first-order valence-corrected chi connectivity index (χ1v) is 12.9. The van der Waals surface area contributed by atoms with Gasteiger partial charge in [0.15, 0.2) is 18.3 Å². The number of aliphatic hydroxyl groups is 3. The highest BCUT2D eigenvalue weighted by molar-refractivity contribution is 5.69. The third kappa shape index (κ3) is 8.72. The van der Waals surface area contributed by atoms with Crippen molar-refractivity contribution in [2.75, 3.05) is 13.2 Å². The zero-order chi connectivity index (χ0) is 30.3. The molecule has 3 N–H and O–H groups in total. The first kappa shape index (κ1) is 32.0. The Labute approximate surface area is 236 Å². The van der Waals surface area contributed by atoms with E-state index >= 15 is 0 Å². The maximum Gasteiger partial charge on any atom is 0.303 e. The predicted molar refractivity (Wildman–Crippen MR) is 137 cm³/mol. The van der Waals surface area contributed by atoms with E-state index in [1.54, 1.807) is 24.3 Å². The highest BCUT2D eigenvalue weighted by Gasteiger charge is 2.52. The van der Waals surface area contributed by atoms with Crippen LogP contribution in [0.1, 0.15) is 51.3 Å². The molecule has 13 nitrogen and oxygen atoms in total. The molecular formula is C28H34O13. The second kappa shape index (κ2) is 14.4. The molecule has 2 heterocycles. The Bertz CT molecular complexity index is 1170. The van der Waals surface area contributed by atoms with Crippen LogP contribution in [0.4, 0.5) is 0 Å². The van der Waals surface area contributed by atoms with Crippen LogP contribution >= 0.6 is 0 Å². The molecule has 2 aliphatic heterocycles. The second-order valence-electron chi connectivity index (χ2n) is 9.67. The molecule has 1 aromatic rings. The van der Waals surface area contributed by atoms with Gasteiger partial charge in [-0.3, -0.25) is 19.2 Å². The van der Waals surface area contributed by atoms with Gasteiger partial charge in [-0.25, -0.2) is 0 Å². The molecule has 3 rings (SSSR count). The van der Waals surface area contributed by atoms with E-state index in [4.69, 9.17) is 28.4 Å². The molecule has 13 heteroatoms. The summed E-state index contributed by atoms with van der Waals surface area (Å²) < 4.78 is 33.2. The first-order chi connectivity index (χ1) is 19.4. The molecule has 0 amide bonds. The largest absolute Gasteiger partial charge is 0.463 e. The van der Waals surface area contributed by atoms with Crippen molar-refractivity contribution in [1.29, 1.82) is 0 Å². The zero-order valence-electron chi connectivity index (χ0n) is 23.1. The summed E-state index contributed by atoms with van der Waals surface area (Å²) >= 11 is 0. The van der Waals surface area contributed by atoms with Gasteiger partial charge in [-0.2, -0.15) is 0 Å². The lowest BCUT2D eigenvalue weighted by Gasteiger charge is -2.44. The maximum atomic E-state index is 12.1. The van der Waals surface area contributed by atoms with Gasteiger partial charge in [0.25, 0.3) is 0 Å². The number of carbonyl (C=O) groups excluding carboxylic acids is 4. The Morgan fingerprint density at radius 2 is 1.54 bits per heavy atom. The molecule has 2 saturated heterocycles. The average Bonchev–Trinajstić information content (AvgIpc) is 2.90. The Kier molecular flexibility index (Phi) is 11.2. The third-order valence-electron chi connectivity index (χ3n) is 6.32. The van der Waals surface area contributed by atoms with Crippen molar-refractivity contribution < 1.29 is 62.9 Å². The number of benzene rings is 1. The first-order valence-electron chi connectivity index (χ1n) is 12.9. The average molecular weight is 579 g/mol. The van der Waals surface area contributed by atoms with E-state index in [2.05, 4.69) is 11.8 Å². The van der Waals surface area contributed by atoms with E-state index in [1.165, 1.54) is 6.92 Å². The van der Waals surface area contributed by atoms with Crippen LogP contribution in [0.25, 0.3) is 0 Å². The smallest absolute Gasteiger partial charge is 0.303 e. The molecule has 0 spiro atoms. The molecule has 0 aliphatic carbocycles. The van der Waals surface area contributed by atoms with Crippen LogP contribution in [0, 0.1) is 11.8 Å². The molecule has 0 radical (unpaired) electrons. The van der Waals surface area contributed by atoms with Crippen LogP contribution in [0.3, 0.4) is 0 Å². The van der Waals surface area contributed by atoms with Gasteiger partial charge in [0.1, 0.15) is 31.0 Å². The quantitative estimate of drug-likeness (QED) is 0.218. The third-order valence-corrected chi connectivity index (χ3v) is 6.32. The molecule has 9 atom stereocenters. The van der Waals surface area contributed by atoms with Gasteiger partial charge in [-0.15, -0.1) is 0 Å². The lowest BCUT2D eigenvalue weighted by Crippen LogP contribution is -2.59. The number of hydrogen-bond donors (Lipinski definition) is 3. The van der Waals surface area contributed by atoms with Crippen molar-refractivity contribution in [3.63, 3.8) is 0 Å². The number of esters is 4. The Morgan fingerprint density at radius 1 is 0.902 bits per heavy atom. The minimum Gasteiger partial charge on any atom is -0.463 e. The summed E-state index contributed by atoms with van der Waals surface area (Å²) in [5, 5.41) is 29.7. The zero-order valence-corrected chi connectivity index (χ0v) is 23.1. The number of aliphatic hydroxyl groups excluding tert-OH is 3. The monoisotopic (exact) mass is 578 g/mol. The van der Waals surface area contributed by atoms with Crippen LogP contribution in [0.2, 0.25) is 0 Å². The van der Waals surface area contributed by atoms with E-state index in [0.717, 1.165) is 20.8 Å². The minimum absolute atomic E-state index is 0.0637. The molecule has 224 valence electrons. The van der Waals surface area contributed by atoms with Gasteiger partial charge < -0.3 is 43.7 Å². The van der Waals surface area contributed by atoms with Crippen LogP contribution in [0.15, 0.2) is 24.3 Å². The van der Waals surface area contributed by atoms with Gasteiger partial charge in [0.2, 0.25) is 0 Å². The van der Waals surface area contributed by atoms with E-state index < -0.39 is 78.8 Å². The lowest BCUT2D eigenvalue weighted by atomic mass is 9.90. The van der Waals surface area contributed by atoms with E-state index in [-0.39, 0.29) is 19.6 Å². The van der Waals surface area contributed by atoms with Crippen molar-refractivity contribution in [2.24, 2.45) is 0 Å². The Morgan fingerprint density at radius 3 is 2.15 bits per heavy atom. The standard InChI is InChI=1S/C28H34O13/c1-14(30)36-13-23-26(37-15(2)31)28(39-17(4)33)27(38-16(3)32)25(41-23)19-7-5-6-18(10-19)8-9-22-24(35)21(34)11-20(12-29)40-22/h5-7,10,20-29,34-35H,11-13H2,1-4H3. The van der Waals surface area contributed by atoms with Crippen molar-refractivity contribution in [3.05, 3.63) is 35.4 Å². The summed E-state index contributed by atoms with van der Waals surface area (Å²) in [5.41, 5.74) is 0.847. The molecule has 41 heavy (non-hydrogen) atoms. The Balaban J connectivity index is 2.00. The normalized spacial score (nSPS) is 31.1. The predicted octanol–water partition coefficient (Wildman–Crippen LogP) is -0.292. The highest BCUT2D eigenvalue weighted by Crippen LogP contribution is 2.38. The molecule has 0 bridgehead atoms. The van der Waals surface area contributed by atoms with Crippen LogP contribution in [-0.4, -0.2) is 101 Å². The number of hydrogen-bond acceptors (Lipinski definition) is 13. The molecular weight excluding hydrogens is 544 g/mol. The summed E-state index contributed by atoms with van der Waals surface area (Å²) in [6, 6.07) is 6.53. The molecule has 9 unspecified atom stereocenters.